The van der Waals surface area contributed by atoms with Crippen molar-refractivity contribution in [1.82, 2.24) is 19.3 Å². The van der Waals surface area contributed by atoms with Gasteiger partial charge in [0.05, 0.1) is 33.1 Å². The van der Waals surface area contributed by atoms with E-state index in [0.29, 0.717) is 29.5 Å². The lowest BCUT2D eigenvalue weighted by Crippen LogP contribution is -2.59. The highest BCUT2D eigenvalue weighted by Crippen LogP contribution is 2.42. The number of benzene rings is 1. The Bertz CT molecular complexity index is 1530. The van der Waals surface area contributed by atoms with Gasteiger partial charge in [-0.2, -0.15) is 0 Å². The molecule has 0 atom stereocenters. The van der Waals surface area contributed by atoms with Crippen molar-refractivity contribution in [3.05, 3.63) is 94.2 Å². The molecule has 6 rings (SSSR count). The second kappa shape index (κ2) is 9.34. The molecule has 1 saturated heterocycles. The zero-order valence-electron chi connectivity index (χ0n) is 20.2. The molecular weight excluding hydrogens is 484 g/mol. The van der Waals surface area contributed by atoms with E-state index in [-0.39, 0.29) is 18.3 Å². The quantitative estimate of drug-likeness (QED) is 0.396. The summed E-state index contributed by atoms with van der Waals surface area (Å²) in [5.74, 6) is 0.218. The summed E-state index contributed by atoms with van der Waals surface area (Å²) in [6.07, 6.45) is 9.77. The van der Waals surface area contributed by atoms with Crippen LogP contribution in [0.15, 0.2) is 61.2 Å². The van der Waals surface area contributed by atoms with Crippen molar-refractivity contribution in [2.75, 3.05) is 19.8 Å². The molecule has 1 fully saturated rings. The van der Waals surface area contributed by atoms with Gasteiger partial charge in [0.25, 0.3) is 0 Å². The summed E-state index contributed by atoms with van der Waals surface area (Å²) >= 11 is 6.63. The van der Waals surface area contributed by atoms with Crippen LogP contribution in [0.1, 0.15) is 40.8 Å². The van der Waals surface area contributed by atoms with E-state index in [1.807, 2.05) is 52.0 Å². The van der Waals surface area contributed by atoms with Crippen molar-refractivity contribution >= 4 is 44.1 Å². The molecule has 2 aliphatic rings. The molecule has 1 aliphatic heterocycles. The molecule has 182 valence electrons. The van der Waals surface area contributed by atoms with Crippen LogP contribution in [-0.2, 0) is 11.8 Å². The van der Waals surface area contributed by atoms with E-state index in [2.05, 4.69) is 4.98 Å². The highest BCUT2D eigenvalue weighted by Gasteiger charge is 2.38. The third-order valence-electron chi connectivity index (χ3n) is 7.49. The molecule has 1 N–H and O–H groups in total. The van der Waals surface area contributed by atoms with Crippen LogP contribution in [0.5, 0.6) is 5.75 Å². The average Bonchev–Trinajstić information content (AvgIpc) is 3.20. The van der Waals surface area contributed by atoms with E-state index >= 15 is 0 Å². The predicted octanol–water partition coefficient (Wildman–Crippen LogP) is 4.73. The minimum atomic E-state index is -1.28. The fourth-order valence-corrected chi connectivity index (χ4v) is 5.69. The Morgan fingerprint density at radius 3 is 2.73 bits per heavy atom. The van der Waals surface area contributed by atoms with Crippen LogP contribution in [0.4, 0.5) is 4.39 Å². The minimum absolute atomic E-state index is 0.0322. The number of alkyl halides is 1. The second-order valence-electron chi connectivity index (χ2n) is 9.96. The number of phenolic OH excluding ortho intramolecular Hbond substituents is 1. The Balaban J connectivity index is 1.50. The van der Waals surface area contributed by atoms with Crippen molar-refractivity contribution in [3.8, 4) is 5.75 Å². The Morgan fingerprint density at radius 1 is 1.11 bits per heavy atom. The van der Waals surface area contributed by atoms with Crippen LogP contribution >= 0.6 is 11.6 Å². The van der Waals surface area contributed by atoms with Crippen molar-refractivity contribution < 1.29 is 9.50 Å². The summed E-state index contributed by atoms with van der Waals surface area (Å²) in [6.45, 7) is 0.643. The summed E-state index contributed by atoms with van der Waals surface area (Å²) in [5.41, 5.74) is 7.46. The number of rotatable bonds is 5. The Hall–Kier alpha value is -3.09. The topological polar surface area (TPSA) is 53.7 Å². The molecule has 0 unspecified atom stereocenters. The molecule has 1 aliphatic carbocycles. The Labute approximate surface area is 222 Å². The Kier molecular flexibility index (Phi) is 6.12. The zero-order valence-corrected chi connectivity index (χ0v) is 21.0. The summed E-state index contributed by atoms with van der Waals surface area (Å²) in [4.78, 5) is 10.8. The zero-order chi connectivity index (χ0) is 25.7. The highest BCUT2D eigenvalue weighted by molar-refractivity contribution is 6.39. The summed E-state index contributed by atoms with van der Waals surface area (Å²) < 4.78 is 14.9. The maximum atomic E-state index is 13.0. The van der Waals surface area contributed by atoms with Gasteiger partial charge in [-0.25, -0.2) is 4.98 Å². The normalized spacial score (nSPS) is 17.0. The van der Waals surface area contributed by atoms with Gasteiger partial charge in [-0.3, -0.25) is 9.37 Å². The number of hydrogen-bond donors (Lipinski definition) is 1. The minimum Gasteiger partial charge on any atom is -0.508 e. The molecule has 0 saturated carbocycles. The molecule has 3 aromatic heterocycles. The lowest BCUT2D eigenvalue weighted by atomic mass is 9.57. The van der Waals surface area contributed by atoms with Crippen molar-refractivity contribution in [1.29, 1.82) is 0 Å². The average molecular weight is 509 g/mol. The second-order valence-corrected chi connectivity index (χ2v) is 10.4. The van der Waals surface area contributed by atoms with E-state index in [4.69, 9.17) is 32.3 Å². The van der Waals surface area contributed by atoms with E-state index < -0.39 is 5.34 Å². The molecule has 4 aromatic rings. The van der Waals surface area contributed by atoms with E-state index in [9.17, 15) is 9.50 Å². The first kappa shape index (κ1) is 24.3. The van der Waals surface area contributed by atoms with Crippen LogP contribution < -0.4 is 0 Å². The van der Waals surface area contributed by atoms with Gasteiger partial charge in [0.15, 0.2) is 0 Å². The SMILES string of the molecule is [B]C([B])(c1cn2ccc(C3=C(c4ccncc4Cl)CCCc4cc(O)ccc43)cc2n1)N1CC(CF)C1. The van der Waals surface area contributed by atoms with Crippen LogP contribution in [0.3, 0.4) is 0 Å². The fraction of sp³-hybridized carbons (Fsp3) is 0.286. The molecule has 1 aromatic carbocycles. The van der Waals surface area contributed by atoms with E-state index in [0.717, 1.165) is 52.7 Å². The monoisotopic (exact) mass is 508 g/mol. The number of fused-ring (bicyclic) bond motifs is 2. The molecule has 0 amide bonds. The standard InChI is InChI=1S/C28H24B2ClFN4O/c29-28(30,36-14-17(12-32)15-36)25-16-35-9-7-19(11-26(35)34-25)27-21-5-4-20(37)10-18(21)2-1-3-23(27)22-6-8-33-13-24(22)31/h4-11,13,16-17,37H,1-3,12,14-15H2. The third kappa shape index (κ3) is 4.26. The maximum Gasteiger partial charge on any atom is 0.137 e. The number of imidazole rings is 1. The number of pyridine rings is 2. The largest absolute Gasteiger partial charge is 0.508 e. The smallest absolute Gasteiger partial charge is 0.137 e. The highest BCUT2D eigenvalue weighted by atomic mass is 35.5. The number of hydrogen-bond acceptors (Lipinski definition) is 4. The number of halogens is 2. The summed E-state index contributed by atoms with van der Waals surface area (Å²) in [5, 5.41) is 9.50. The molecule has 9 heteroatoms. The number of nitrogens with zero attached hydrogens (tertiary/aromatic N) is 4. The first-order valence-electron chi connectivity index (χ1n) is 12.4. The van der Waals surface area contributed by atoms with Gasteiger partial charge in [0.2, 0.25) is 0 Å². The molecule has 4 heterocycles. The van der Waals surface area contributed by atoms with Gasteiger partial charge in [-0.05, 0) is 88.3 Å². The Morgan fingerprint density at radius 2 is 1.95 bits per heavy atom. The molecular formula is C28H24B2ClFN4O. The number of phenols is 1. The number of aromatic nitrogens is 3. The molecule has 4 radical (unpaired) electrons. The van der Waals surface area contributed by atoms with Gasteiger partial charge >= 0.3 is 0 Å². The van der Waals surface area contributed by atoms with E-state index in [1.54, 1.807) is 18.5 Å². The van der Waals surface area contributed by atoms with Crippen LogP contribution in [-0.4, -0.2) is 59.8 Å². The molecule has 37 heavy (non-hydrogen) atoms. The molecule has 0 spiro atoms. The molecule has 5 nitrogen and oxygen atoms in total. The van der Waals surface area contributed by atoms with E-state index in [1.165, 1.54) is 0 Å². The van der Waals surface area contributed by atoms with Crippen molar-refractivity contribution in [2.45, 2.75) is 24.6 Å². The number of aromatic hydroxyl groups is 1. The van der Waals surface area contributed by atoms with Crippen molar-refractivity contribution in [3.63, 3.8) is 0 Å². The van der Waals surface area contributed by atoms with Gasteiger partial charge in [-0.15, -0.1) is 0 Å². The summed E-state index contributed by atoms with van der Waals surface area (Å²) in [7, 11) is 12.9. The molecule has 0 bridgehead atoms. The number of likely N-dealkylation sites (tertiary alicyclic amines) is 1. The van der Waals surface area contributed by atoms with Gasteiger partial charge in [0, 0.05) is 43.8 Å². The van der Waals surface area contributed by atoms with Crippen molar-refractivity contribution in [2.24, 2.45) is 5.92 Å². The lowest BCUT2D eigenvalue weighted by Gasteiger charge is -2.48. The van der Waals surface area contributed by atoms with Crippen LogP contribution in [0, 0.1) is 5.92 Å². The number of allylic oxidation sites excluding steroid dienone is 1. The first-order chi connectivity index (χ1) is 17.8. The fourth-order valence-electron chi connectivity index (χ4n) is 5.45. The third-order valence-corrected chi connectivity index (χ3v) is 7.79. The van der Waals surface area contributed by atoms with Crippen LogP contribution in [0.25, 0.3) is 16.8 Å². The van der Waals surface area contributed by atoms with Crippen LogP contribution in [0.2, 0.25) is 5.02 Å². The maximum absolute atomic E-state index is 13.0. The van der Waals surface area contributed by atoms with Gasteiger partial charge in [-0.1, -0.05) is 17.7 Å². The first-order valence-corrected chi connectivity index (χ1v) is 12.8. The predicted molar refractivity (Wildman–Crippen MR) is 146 cm³/mol. The lowest BCUT2D eigenvalue weighted by molar-refractivity contribution is 0.0490. The summed E-state index contributed by atoms with van der Waals surface area (Å²) in [6, 6.07) is 11.5. The number of aryl methyl sites for hydroxylation is 1. The van der Waals surface area contributed by atoms with Gasteiger partial charge in [0.1, 0.15) is 11.4 Å². The van der Waals surface area contributed by atoms with Gasteiger partial charge < -0.3 is 14.4 Å².